The number of hydrogen-bond donors (Lipinski definition) is 5. The fraction of sp³-hybridized carbons (Fsp3) is 0.130. The van der Waals surface area contributed by atoms with Crippen LogP contribution in [0.5, 0.6) is 0 Å². The van der Waals surface area contributed by atoms with E-state index in [4.69, 9.17) is 21.0 Å². The molecule has 1 aliphatic heterocycles. The molecule has 6 rings (SSSR count). The standard InChI is InChI=1S/C23H19ClN8O2S/c1-11-17(20(33)30-23-28-14-7-3-5-9-16(14)35-23)19(18-12(24)10-25-32-18)29-21(26-11)31-22-27-13-6-2-4-8-15(13)34-22/h2-10,19-20,33H,1H3,(H,25,32)(H,28,30)(H2,26,27,29,31). The molecule has 2 unspecified atom stereocenters. The van der Waals surface area contributed by atoms with E-state index in [1.165, 1.54) is 11.3 Å². The minimum atomic E-state index is -1.10. The molecule has 4 heterocycles. The highest BCUT2D eigenvalue weighted by Gasteiger charge is 2.33. The SMILES string of the molecule is CC1=C(C(O)Nc2nc3ccccc3s2)C(c2n[nH]cc2Cl)N=C(Nc2nc3ccccc3o2)N1. The van der Waals surface area contributed by atoms with Crippen LogP contribution in [0.25, 0.3) is 21.3 Å². The van der Waals surface area contributed by atoms with Crippen LogP contribution in [0.2, 0.25) is 5.02 Å². The van der Waals surface area contributed by atoms with Crippen LogP contribution in [0.3, 0.4) is 0 Å². The number of thiazole rings is 1. The van der Waals surface area contributed by atoms with Crippen LogP contribution in [0.4, 0.5) is 11.1 Å². The first-order chi connectivity index (χ1) is 17.0. The minimum absolute atomic E-state index is 0.286. The summed E-state index contributed by atoms with van der Waals surface area (Å²) in [6.07, 6.45) is 0.471. The fourth-order valence-electron chi connectivity index (χ4n) is 3.95. The Hall–Kier alpha value is -3.93. The number of halogens is 1. The normalized spacial score (nSPS) is 16.9. The molecular weight excluding hydrogens is 488 g/mol. The number of aliphatic hydroxyl groups is 1. The van der Waals surface area contributed by atoms with Crippen LogP contribution in [0.15, 0.2) is 75.4 Å². The number of hydrogen-bond acceptors (Lipinski definition) is 10. The summed E-state index contributed by atoms with van der Waals surface area (Å²) in [5, 5.41) is 28.6. The van der Waals surface area contributed by atoms with Gasteiger partial charge in [-0.1, -0.05) is 47.2 Å². The number of aromatic amines is 1. The summed E-state index contributed by atoms with van der Waals surface area (Å²) in [7, 11) is 0. The summed E-state index contributed by atoms with van der Waals surface area (Å²) < 4.78 is 6.78. The van der Waals surface area contributed by atoms with E-state index >= 15 is 0 Å². The number of fused-ring (bicyclic) bond motifs is 2. The molecule has 0 amide bonds. The van der Waals surface area contributed by atoms with Gasteiger partial charge in [0.2, 0.25) is 5.96 Å². The number of benzene rings is 2. The first-order valence-corrected chi connectivity index (χ1v) is 11.9. The van der Waals surface area contributed by atoms with E-state index in [9.17, 15) is 5.11 Å². The van der Waals surface area contributed by atoms with Gasteiger partial charge in [0.15, 0.2) is 16.9 Å². The molecule has 5 aromatic rings. The molecule has 0 spiro atoms. The molecule has 0 saturated heterocycles. The maximum atomic E-state index is 11.2. The third-order valence-corrected chi connectivity index (χ3v) is 6.81. The number of anilines is 2. The molecule has 10 nitrogen and oxygen atoms in total. The zero-order valence-electron chi connectivity index (χ0n) is 18.3. The van der Waals surface area contributed by atoms with Crippen LogP contribution in [-0.2, 0) is 0 Å². The lowest BCUT2D eigenvalue weighted by Crippen LogP contribution is -2.39. The Labute approximate surface area is 207 Å². The summed E-state index contributed by atoms with van der Waals surface area (Å²) >= 11 is 7.85. The number of H-pyrrole nitrogens is 1. The number of oxazole rings is 1. The van der Waals surface area contributed by atoms with Crippen LogP contribution in [0, 0.1) is 0 Å². The lowest BCUT2D eigenvalue weighted by molar-refractivity contribution is 0.229. The highest BCUT2D eigenvalue weighted by atomic mass is 35.5. The molecule has 0 radical (unpaired) electrons. The molecular formula is C23H19ClN8O2S. The first-order valence-electron chi connectivity index (χ1n) is 10.7. The number of aliphatic imine (C=N–C) groups is 1. The Kier molecular flexibility index (Phi) is 5.36. The number of guanidine groups is 1. The largest absolute Gasteiger partial charge is 0.423 e. The van der Waals surface area contributed by atoms with Gasteiger partial charge in [0, 0.05) is 17.5 Å². The van der Waals surface area contributed by atoms with E-state index in [1.54, 1.807) is 6.20 Å². The predicted molar refractivity (Wildman–Crippen MR) is 136 cm³/mol. The van der Waals surface area contributed by atoms with E-state index < -0.39 is 12.3 Å². The number of aliphatic hydroxyl groups excluding tert-OH is 1. The molecule has 1 aliphatic rings. The zero-order valence-corrected chi connectivity index (χ0v) is 19.9. The summed E-state index contributed by atoms with van der Waals surface area (Å²) in [5.74, 6) is 0.383. The third-order valence-electron chi connectivity index (χ3n) is 5.54. The lowest BCUT2D eigenvalue weighted by Gasteiger charge is -2.29. The van der Waals surface area contributed by atoms with Gasteiger partial charge in [-0.2, -0.15) is 10.1 Å². The van der Waals surface area contributed by atoms with Crippen LogP contribution in [0.1, 0.15) is 18.7 Å². The van der Waals surface area contributed by atoms with Gasteiger partial charge in [-0.05, 0) is 31.2 Å². The Morgan fingerprint density at radius 3 is 2.69 bits per heavy atom. The van der Waals surface area contributed by atoms with Crippen molar-refractivity contribution in [3.8, 4) is 0 Å². The number of nitrogens with zero attached hydrogens (tertiary/aromatic N) is 4. The van der Waals surface area contributed by atoms with Crippen molar-refractivity contribution < 1.29 is 9.52 Å². The fourth-order valence-corrected chi connectivity index (χ4v) is 5.03. The number of rotatable bonds is 5. The average Bonchev–Trinajstić information content (AvgIpc) is 3.55. The zero-order chi connectivity index (χ0) is 23.9. The number of aromatic nitrogens is 4. The highest BCUT2D eigenvalue weighted by Crippen LogP contribution is 2.36. The van der Waals surface area contributed by atoms with Crippen molar-refractivity contribution in [2.24, 2.45) is 4.99 Å². The van der Waals surface area contributed by atoms with Crippen LogP contribution in [-0.4, -0.2) is 37.5 Å². The Morgan fingerprint density at radius 1 is 1.11 bits per heavy atom. The molecule has 12 heteroatoms. The van der Waals surface area contributed by atoms with Crippen molar-refractivity contribution in [3.63, 3.8) is 0 Å². The summed E-state index contributed by atoms with van der Waals surface area (Å²) in [4.78, 5) is 13.7. The molecule has 0 saturated carbocycles. The molecule has 5 N–H and O–H groups in total. The lowest BCUT2D eigenvalue weighted by atomic mass is 9.99. The van der Waals surface area contributed by atoms with Gasteiger partial charge in [-0.15, -0.1) is 0 Å². The second kappa shape index (κ2) is 8.69. The van der Waals surface area contributed by atoms with Gasteiger partial charge >= 0.3 is 6.01 Å². The number of nitrogens with one attached hydrogen (secondary N) is 4. The van der Waals surface area contributed by atoms with Crippen LogP contribution < -0.4 is 16.0 Å². The molecule has 0 fully saturated rings. The monoisotopic (exact) mass is 506 g/mol. The van der Waals surface area contributed by atoms with E-state index in [0.717, 1.165) is 15.7 Å². The Balaban J connectivity index is 1.32. The Morgan fingerprint density at radius 2 is 1.91 bits per heavy atom. The van der Waals surface area contributed by atoms with Crippen molar-refractivity contribution in [3.05, 3.63) is 76.7 Å². The van der Waals surface area contributed by atoms with E-state index in [0.29, 0.717) is 38.7 Å². The van der Waals surface area contributed by atoms with Gasteiger partial charge in [-0.25, -0.2) is 9.98 Å². The molecule has 2 aromatic carbocycles. The predicted octanol–water partition coefficient (Wildman–Crippen LogP) is 4.63. The number of allylic oxidation sites excluding steroid dienone is 1. The highest BCUT2D eigenvalue weighted by molar-refractivity contribution is 7.22. The maximum absolute atomic E-state index is 11.2. The molecule has 35 heavy (non-hydrogen) atoms. The molecule has 176 valence electrons. The van der Waals surface area contributed by atoms with Crippen molar-refractivity contribution >= 4 is 61.4 Å². The second-order valence-corrected chi connectivity index (χ2v) is 9.29. The Bertz CT molecular complexity index is 1540. The average molecular weight is 507 g/mol. The van der Waals surface area contributed by atoms with Crippen molar-refractivity contribution in [1.29, 1.82) is 0 Å². The molecule has 2 atom stereocenters. The van der Waals surface area contributed by atoms with Crippen LogP contribution >= 0.6 is 22.9 Å². The molecule has 0 bridgehead atoms. The number of para-hydroxylation sites is 3. The smallest absolute Gasteiger partial charge is 0.302 e. The topological polar surface area (TPSA) is 136 Å². The summed E-state index contributed by atoms with van der Waals surface area (Å²) in [6, 6.07) is 14.9. The van der Waals surface area contributed by atoms with Gasteiger partial charge < -0.3 is 20.2 Å². The van der Waals surface area contributed by atoms with Gasteiger partial charge in [-0.3, -0.25) is 10.4 Å². The summed E-state index contributed by atoms with van der Waals surface area (Å²) in [6.45, 7) is 1.84. The van der Waals surface area contributed by atoms with Crippen molar-refractivity contribution in [2.45, 2.75) is 19.2 Å². The van der Waals surface area contributed by atoms with Crippen molar-refractivity contribution in [2.75, 3.05) is 10.6 Å². The molecule has 3 aromatic heterocycles. The second-order valence-electron chi connectivity index (χ2n) is 7.85. The van der Waals surface area contributed by atoms with Gasteiger partial charge in [0.25, 0.3) is 0 Å². The quantitative estimate of drug-likeness (QED) is 0.218. The maximum Gasteiger partial charge on any atom is 0.302 e. The first kappa shape index (κ1) is 21.6. The van der Waals surface area contributed by atoms with E-state index in [1.807, 2.05) is 55.5 Å². The van der Waals surface area contributed by atoms with E-state index in [-0.39, 0.29) is 6.01 Å². The van der Waals surface area contributed by atoms with E-state index in [2.05, 4.69) is 36.1 Å². The van der Waals surface area contributed by atoms with Crippen molar-refractivity contribution in [1.82, 2.24) is 25.5 Å². The minimum Gasteiger partial charge on any atom is -0.423 e. The third kappa shape index (κ3) is 4.09. The summed E-state index contributed by atoms with van der Waals surface area (Å²) in [5.41, 5.74) is 3.94. The van der Waals surface area contributed by atoms with Gasteiger partial charge in [0.1, 0.15) is 17.3 Å². The van der Waals surface area contributed by atoms with Gasteiger partial charge in [0.05, 0.1) is 15.2 Å². The molecule has 0 aliphatic carbocycles.